The van der Waals surface area contributed by atoms with Crippen LogP contribution in [0.25, 0.3) is 0 Å². The summed E-state index contributed by atoms with van der Waals surface area (Å²) in [6.07, 6.45) is 2.56. The second-order valence-electron chi connectivity index (χ2n) is 4.17. The van der Waals surface area contributed by atoms with Gasteiger partial charge in [0.25, 0.3) is 0 Å². The van der Waals surface area contributed by atoms with Gasteiger partial charge in [-0.05, 0) is 24.3 Å². The highest BCUT2D eigenvalue weighted by Crippen LogP contribution is 2.09. The van der Waals surface area contributed by atoms with Gasteiger partial charge in [-0.15, -0.1) is 0 Å². The lowest BCUT2D eigenvalue weighted by Crippen LogP contribution is -2.17. The first-order valence-corrected chi connectivity index (χ1v) is 6.09. The molecule has 3 nitrogen and oxygen atoms in total. The largest absolute Gasteiger partial charge is 0.312 e. The van der Waals surface area contributed by atoms with Gasteiger partial charge in [-0.2, -0.15) is 5.26 Å². The van der Waals surface area contributed by atoms with Crippen LogP contribution in [0.5, 0.6) is 0 Å². The van der Waals surface area contributed by atoms with Crippen LogP contribution in [0.3, 0.4) is 0 Å². The van der Waals surface area contributed by atoms with E-state index >= 15 is 0 Å². The standard InChI is InChI=1S/C15H14FN3/c16-15-9-12(10-17)4-5-13(15)11-18-8-6-14-3-1-2-7-19-14/h1-5,7,9,18H,6,8,11H2. The summed E-state index contributed by atoms with van der Waals surface area (Å²) in [6, 6.07) is 12.2. The second kappa shape index (κ2) is 6.62. The molecule has 1 N–H and O–H groups in total. The summed E-state index contributed by atoms with van der Waals surface area (Å²) in [4.78, 5) is 4.21. The smallest absolute Gasteiger partial charge is 0.129 e. The second-order valence-corrected chi connectivity index (χ2v) is 4.17. The van der Waals surface area contributed by atoms with Gasteiger partial charge >= 0.3 is 0 Å². The van der Waals surface area contributed by atoms with Gasteiger partial charge in [0, 0.05) is 37.0 Å². The predicted molar refractivity (Wildman–Crippen MR) is 70.8 cm³/mol. The Morgan fingerprint density at radius 3 is 2.84 bits per heavy atom. The molecule has 0 bridgehead atoms. The number of hydrogen-bond donors (Lipinski definition) is 1. The Kier molecular flexibility index (Phi) is 4.60. The molecule has 0 atom stereocenters. The third-order valence-corrected chi connectivity index (χ3v) is 2.78. The van der Waals surface area contributed by atoms with Crippen molar-refractivity contribution in [2.75, 3.05) is 6.54 Å². The van der Waals surface area contributed by atoms with Gasteiger partial charge < -0.3 is 5.32 Å². The first-order valence-electron chi connectivity index (χ1n) is 6.09. The minimum atomic E-state index is -0.343. The van der Waals surface area contributed by atoms with E-state index in [-0.39, 0.29) is 5.82 Å². The average molecular weight is 255 g/mol. The van der Waals surface area contributed by atoms with Crippen molar-refractivity contribution in [3.63, 3.8) is 0 Å². The average Bonchev–Trinajstić information content (AvgIpc) is 2.46. The summed E-state index contributed by atoms with van der Waals surface area (Å²) in [5.74, 6) is -0.343. The highest BCUT2D eigenvalue weighted by molar-refractivity contribution is 5.32. The zero-order valence-corrected chi connectivity index (χ0v) is 10.4. The minimum absolute atomic E-state index is 0.342. The van der Waals surface area contributed by atoms with Crippen molar-refractivity contribution in [1.82, 2.24) is 10.3 Å². The molecule has 2 aromatic rings. The summed E-state index contributed by atoms with van der Waals surface area (Å²) in [6.45, 7) is 1.18. The van der Waals surface area contributed by atoms with Crippen molar-refractivity contribution < 1.29 is 4.39 Å². The molecule has 4 heteroatoms. The van der Waals surface area contributed by atoms with Gasteiger partial charge in [0.1, 0.15) is 5.82 Å². The number of rotatable bonds is 5. The SMILES string of the molecule is N#Cc1ccc(CNCCc2ccccn2)c(F)c1. The highest BCUT2D eigenvalue weighted by Gasteiger charge is 2.03. The van der Waals surface area contributed by atoms with Crippen LogP contribution >= 0.6 is 0 Å². The molecule has 0 amide bonds. The maximum absolute atomic E-state index is 13.6. The van der Waals surface area contributed by atoms with Crippen LogP contribution in [-0.4, -0.2) is 11.5 Å². The number of pyridine rings is 1. The molecule has 0 aliphatic carbocycles. The molecule has 1 aromatic carbocycles. The Labute approximate surface area is 111 Å². The number of benzene rings is 1. The zero-order valence-electron chi connectivity index (χ0n) is 10.4. The van der Waals surface area contributed by atoms with Crippen LogP contribution in [0.15, 0.2) is 42.6 Å². The summed E-state index contributed by atoms with van der Waals surface area (Å²) in [5.41, 5.74) is 1.92. The van der Waals surface area contributed by atoms with E-state index in [1.165, 1.54) is 6.07 Å². The molecule has 1 heterocycles. The number of nitriles is 1. The molecular formula is C15H14FN3. The summed E-state index contributed by atoms with van der Waals surface area (Å²) < 4.78 is 13.6. The zero-order chi connectivity index (χ0) is 13.5. The molecule has 0 aliphatic rings. The molecule has 2 rings (SSSR count). The van der Waals surface area contributed by atoms with E-state index in [1.54, 1.807) is 18.3 Å². The van der Waals surface area contributed by atoms with E-state index in [4.69, 9.17) is 5.26 Å². The van der Waals surface area contributed by atoms with Gasteiger partial charge in [0.2, 0.25) is 0 Å². The van der Waals surface area contributed by atoms with Crippen molar-refractivity contribution in [3.8, 4) is 6.07 Å². The number of hydrogen-bond acceptors (Lipinski definition) is 3. The highest BCUT2D eigenvalue weighted by atomic mass is 19.1. The Hall–Kier alpha value is -2.25. The molecule has 0 radical (unpaired) electrons. The lowest BCUT2D eigenvalue weighted by atomic mass is 10.1. The van der Waals surface area contributed by atoms with Gasteiger partial charge in [-0.1, -0.05) is 12.1 Å². The van der Waals surface area contributed by atoms with Crippen LogP contribution in [0.4, 0.5) is 4.39 Å². The maximum atomic E-state index is 13.6. The Morgan fingerprint density at radius 1 is 1.26 bits per heavy atom. The van der Waals surface area contributed by atoms with E-state index in [9.17, 15) is 4.39 Å². The van der Waals surface area contributed by atoms with E-state index in [2.05, 4.69) is 10.3 Å². The summed E-state index contributed by atoms with van der Waals surface area (Å²) in [7, 11) is 0. The number of aromatic nitrogens is 1. The predicted octanol–water partition coefficient (Wildman–Crippen LogP) is 2.42. The Morgan fingerprint density at radius 2 is 2.16 bits per heavy atom. The van der Waals surface area contributed by atoms with E-state index in [0.717, 1.165) is 18.7 Å². The normalized spacial score (nSPS) is 10.1. The van der Waals surface area contributed by atoms with Crippen molar-refractivity contribution in [2.24, 2.45) is 0 Å². The third-order valence-electron chi connectivity index (χ3n) is 2.78. The Balaban J connectivity index is 1.82. The van der Waals surface area contributed by atoms with Crippen LogP contribution in [-0.2, 0) is 13.0 Å². The Bertz CT molecular complexity index is 576. The van der Waals surface area contributed by atoms with E-state index in [1.807, 2.05) is 24.3 Å². The maximum Gasteiger partial charge on any atom is 0.129 e. The molecule has 0 saturated carbocycles. The fourth-order valence-electron chi connectivity index (χ4n) is 1.75. The molecule has 96 valence electrons. The van der Waals surface area contributed by atoms with Crippen molar-refractivity contribution in [2.45, 2.75) is 13.0 Å². The minimum Gasteiger partial charge on any atom is -0.312 e. The van der Waals surface area contributed by atoms with Crippen LogP contribution in [0, 0.1) is 17.1 Å². The van der Waals surface area contributed by atoms with E-state index in [0.29, 0.717) is 17.7 Å². The van der Waals surface area contributed by atoms with Gasteiger partial charge in [0.05, 0.1) is 11.6 Å². The first kappa shape index (κ1) is 13.2. The lowest BCUT2D eigenvalue weighted by molar-refractivity contribution is 0.587. The van der Waals surface area contributed by atoms with Crippen LogP contribution < -0.4 is 5.32 Å². The molecule has 19 heavy (non-hydrogen) atoms. The van der Waals surface area contributed by atoms with E-state index < -0.39 is 0 Å². The number of halogens is 1. The van der Waals surface area contributed by atoms with Gasteiger partial charge in [-0.3, -0.25) is 4.98 Å². The number of nitrogens with zero attached hydrogens (tertiary/aromatic N) is 2. The fraction of sp³-hybridized carbons (Fsp3) is 0.200. The molecule has 0 unspecified atom stereocenters. The molecule has 1 aromatic heterocycles. The quantitative estimate of drug-likeness (QED) is 0.835. The topological polar surface area (TPSA) is 48.7 Å². The molecule has 0 aliphatic heterocycles. The first-order chi connectivity index (χ1) is 9.29. The monoisotopic (exact) mass is 255 g/mol. The summed E-state index contributed by atoms with van der Waals surface area (Å²) >= 11 is 0. The molecule has 0 spiro atoms. The van der Waals surface area contributed by atoms with Crippen LogP contribution in [0.1, 0.15) is 16.8 Å². The van der Waals surface area contributed by atoms with Crippen molar-refractivity contribution >= 4 is 0 Å². The van der Waals surface area contributed by atoms with Gasteiger partial charge in [-0.25, -0.2) is 4.39 Å². The molecular weight excluding hydrogens is 241 g/mol. The summed E-state index contributed by atoms with van der Waals surface area (Å²) in [5, 5.41) is 11.8. The fourth-order valence-corrected chi connectivity index (χ4v) is 1.75. The van der Waals surface area contributed by atoms with Crippen molar-refractivity contribution in [3.05, 3.63) is 65.2 Å². The third kappa shape index (κ3) is 3.87. The van der Waals surface area contributed by atoms with Gasteiger partial charge in [0.15, 0.2) is 0 Å². The molecule has 0 saturated heterocycles. The molecule has 0 fully saturated rings. The van der Waals surface area contributed by atoms with Crippen molar-refractivity contribution in [1.29, 1.82) is 5.26 Å². The number of nitrogens with one attached hydrogen (secondary N) is 1. The van der Waals surface area contributed by atoms with Crippen LogP contribution in [0.2, 0.25) is 0 Å². The lowest BCUT2D eigenvalue weighted by Gasteiger charge is -2.06.